The summed E-state index contributed by atoms with van der Waals surface area (Å²) in [5.74, 6) is 0.0612. The van der Waals surface area contributed by atoms with Crippen molar-refractivity contribution in [3.8, 4) is 0 Å². The number of aliphatic imine (C=N–C) groups is 1. The topological polar surface area (TPSA) is 80.2 Å². The zero-order chi connectivity index (χ0) is 23.9. The van der Waals surface area contributed by atoms with Crippen LogP contribution in [0.1, 0.15) is 31.9 Å². The van der Waals surface area contributed by atoms with Gasteiger partial charge in [-0.2, -0.15) is 8.42 Å². The predicted octanol–water partition coefficient (Wildman–Crippen LogP) is 5.41. The number of rotatable bonds is 7. The molecule has 174 valence electrons. The Morgan fingerprint density at radius 3 is 2.03 bits per heavy atom. The van der Waals surface area contributed by atoms with E-state index in [-0.39, 0.29) is 18.0 Å². The van der Waals surface area contributed by atoms with Gasteiger partial charge >= 0.3 is 0 Å². The molecule has 0 atom stereocenters. The number of hydroxylamine groups is 2. The van der Waals surface area contributed by atoms with Crippen LogP contribution in [0.3, 0.4) is 0 Å². The number of para-hydroxylation sites is 1. The predicted molar refractivity (Wildman–Crippen MR) is 131 cm³/mol. The standard InChI is InChI=1S/C25H29N3O4S/c1-25(2,3)21-15-17-23(18-16-21)27-24(26-22-13-9-6-10-14-22)28(32-33(4,29)30)31-19-20-11-7-5-8-12-20/h5-18H,19H2,1-4H3,(H,26,27). The molecule has 3 aromatic rings. The molecular formula is C25H29N3O4S. The van der Waals surface area contributed by atoms with Crippen molar-refractivity contribution in [2.75, 3.05) is 11.6 Å². The molecule has 0 aliphatic carbocycles. The van der Waals surface area contributed by atoms with E-state index in [0.717, 1.165) is 22.6 Å². The second kappa shape index (κ2) is 10.6. The lowest BCUT2D eigenvalue weighted by atomic mass is 9.87. The number of nitrogens with zero attached hydrogens (tertiary/aromatic N) is 2. The maximum absolute atomic E-state index is 12.0. The minimum absolute atomic E-state index is 0.00239. The van der Waals surface area contributed by atoms with Gasteiger partial charge in [0.15, 0.2) is 0 Å². The van der Waals surface area contributed by atoms with Crippen LogP contribution in [-0.4, -0.2) is 25.9 Å². The molecule has 33 heavy (non-hydrogen) atoms. The van der Waals surface area contributed by atoms with Crippen LogP contribution in [0.25, 0.3) is 0 Å². The quantitative estimate of drug-likeness (QED) is 0.284. The van der Waals surface area contributed by atoms with Gasteiger partial charge < -0.3 is 5.32 Å². The van der Waals surface area contributed by atoms with Crippen molar-refractivity contribution in [2.24, 2.45) is 4.99 Å². The smallest absolute Gasteiger partial charge is 0.287 e. The molecule has 0 aliphatic heterocycles. The van der Waals surface area contributed by atoms with E-state index >= 15 is 0 Å². The van der Waals surface area contributed by atoms with Gasteiger partial charge in [0.05, 0.1) is 11.9 Å². The molecule has 0 amide bonds. The Morgan fingerprint density at radius 1 is 0.909 bits per heavy atom. The first kappa shape index (κ1) is 24.4. The summed E-state index contributed by atoms with van der Waals surface area (Å²) in [4.78, 5) is 10.3. The lowest BCUT2D eigenvalue weighted by Gasteiger charge is -2.23. The molecule has 0 heterocycles. The molecule has 0 saturated heterocycles. The molecule has 7 nitrogen and oxygen atoms in total. The lowest BCUT2D eigenvalue weighted by Crippen LogP contribution is -2.38. The average molecular weight is 468 g/mol. The van der Waals surface area contributed by atoms with Crippen LogP contribution in [0.15, 0.2) is 89.9 Å². The van der Waals surface area contributed by atoms with Crippen molar-refractivity contribution in [3.05, 3.63) is 96.1 Å². The Balaban J connectivity index is 1.96. The maximum Gasteiger partial charge on any atom is 0.287 e. The average Bonchev–Trinajstić information content (AvgIpc) is 2.77. The Kier molecular flexibility index (Phi) is 7.86. The minimum Gasteiger partial charge on any atom is -0.322 e. The summed E-state index contributed by atoms with van der Waals surface area (Å²) in [5.41, 5.74) is 3.29. The van der Waals surface area contributed by atoms with Crippen LogP contribution in [0, 0.1) is 0 Å². The van der Waals surface area contributed by atoms with Crippen LogP contribution < -0.4 is 5.32 Å². The highest BCUT2D eigenvalue weighted by Gasteiger charge is 2.21. The minimum atomic E-state index is -3.90. The summed E-state index contributed by atoms with van der Waals surface area (Å²) in [6.07, 6.45) is 0.949. The van der Waals surface area contributed by atoms with E-state index in [2.05, 4.69) is 31.1 Å². The van der Waals surface area contributed by atoms with E-state index < -0.39 is 10.1 Å². The third-order valence-corrected chi connectivity index (χ3v) is 4.97. The van der Waals surface area contributed by atoms with Crippen molar-refractivity contribution in [1.82, 2.24) is 5.23 Å². The third kappa shape index (κ3) is 8.02. The van der Waals surface area contributed by atoms with E-state index in [1.165, 1.54) is 0 Å². The van der Waals surface area contributed by atoms with Crippen LogP contribution in [0.5, 0.6) is 0 Å². The summed E-state index contributed by atoms with van der Waals surface area (Å²) in [5, 5.41) is 3.89. The Morgan fingerprint density at radius 2 is 1.48 bits per heavy atom. The van der Waals surface area contributed by atoms with Gasteiger partial charge in [-0.1, -0.05) is 86.7 Å². The molecule has 3 aromatic carbocycles. The number of nitrogens with one attached hydrogen (secondary N) is 1. The fourth-order valence-electron chi connectivity index (χ4n) is 2.87. The molecule has 1 N–H and O–H groups in total. The molecule has 0 aromatic heterocycles. The molecule has 3 rings (SSSR count). The molecule has 0 radical (unpaired) electrons. The molecule has 0 spiro atoms. The van der Waals surface area contributed by atoms with Crippen molar-refractivity contribution in [3.63, 3.8) is 0 Å². The Labute approximate surface area is 195 Å². The monoisotopic (exact) mass is 467 g/mol. The van der Waals surface area contributed by atoms with Gasteiger partial charge in [0.2, 0.25) is 0 Å². The van der Waals surface area contributed by atoms with Crippen molar-refractivity contribution < 1.29 is 17.5 Å². The first-order valence-electron chi connectivity index (χ1n) is 10.5. The number of hydrogen-bond acceptors (Lipinski definition) is 5. The molecule has 0 saturated carbocycles. The number of anilines is 1. The number of guanidine groups is 1. The summed E-state index contributed by atoms with van der Waals surface area (Å²) >= 11 is 0. The largest absolute Gasteiger partial charge is 0.322 e. The highest BCUT2D eigenvalue weighted by Crippen LogP contribution is 2.25. The van der Waals surface area contributed by atoms with Crippen LogP contribution in [0.4, 0.5) is 11.4 Å². The van der Waals surface area contributed by atoms with E-state index in [1.807, 2.05) is 84.9 Å². The molecule has 0 bridgehead atoms. The third-order valence-electron chi connectivity index (χ3n) is 4.57. The summed E-state index contributed by atoms with van der Waals surface area (Å²) in [6, 6.07) is 26.3. The number of benzene rings is 3. The first-order valence-corrected chi connectivity index (χ1v) is 12.3. The summed E-state index contributed by atoms with van der Waals surface area (Å²) in [7, 11) is -3.90. The second-order valence-electron chi connectivity index (χ2n) is 8.52. The first-order chi connectivity index (χ1) is 15.6. The van der Waals surface area contributed by atoms with E-state index in [4.69, 9.17) is 9.12 Å². The molecule has 0 unspecified atom stereocenters. The number of hydrogen-bond donors (Lipinski definition) is 1. The summed E-state index contributed by atoms with van der Waals surface area (Å²) < 4.78 is 29.1. The van der Waals surface area contributed by atoms with Crippen LogP contribution >= 0.6 is 0 Å². The highest BCUT2D eigenvalue weighted by atomic mass is 32.2. The molecular weight excluding hydrogens is 438 g/mol. The Hall–Kier alpha value is -3.20. The fraction of sp³-hybridized carbons (Fsp3) is 0.240. The van der Waals surface area contributed by atoms with E-state index in [1.54, 1.807) is 0 Å². The summed E-state index contributed by atoms with van der Waals surface area (Å²) in [6.45, 7) is 6.47. The fourth-order valence-corrected chi connectivity index (χ4v) is 3.23. The van der Waals surface area contributed by atoms with Crippen LogP contribution in [0.2, 0.25) is 0 Å². The van der Waals surface area contributed by atoms with Crippen molar-refractivity contribution >= 4 is 27.5 Å². The van der Waals surface area contributed by atoms with Crippen LogP contribution in [-0.2, 0) is 31.3 Å². The van der Waals surface area contributed by atoms with Crippen molar-refractivity contribution in [2.45, 2.75) is 32.8 Å². The zero-order valence-electron chi connectivity index (χ0n) is 19.2. The van der Waals surface area contributed by atoms with Gasteiger partial charge in [0.1, 0.15) is 6.61 Å². The second-order valence-corrected chi connectivity index (χ2v) is 10.1. The highest BCUT2D eigenvalue weighted by molar-refractivity contribution is 7.85. The molecule has 0 fully saturated rings. The molecule has 0 aliphatic rings. The Bertz CT molecular complexity index is 1160. The van der Waals surface area contributed by atoms with Gasteiger partial charge in [-0.3, -0.25) is 0 Å². The van der Waals surface area contributed by atoms with Gasteiger partial charge in [-0.25, -0.2) is 9.83 Å². The normalized spacial score (nSPS) is 12.4. The maximum atomic E-state index is 12.0. The van der Waals surface area contributed by atoms with E-state index in [0.29, 0.717) is 11.4 Å². The lowest BCUT2D eigenvalue weighted by molar-refractivity contribution is -0.266. The van der Waals surface area contributed by atoms with Gasteiger partial charge in [0.25, 0.3) is 16.1 Å². The van der Waals surface area contributed by atoms with Crippen molar-refractivity contribution in [1.29, 1.82) is 0 Å². The van der Waals surface area contributed by atoms with Gasteiger partial charge in [-0.15, -0.1) is 4.28 Å². The SMILES string of the molecule is CC(C)(C)c1ccc(N=C(Nc2ccccc2)N(OCc2ccccc2)OS(C)(=O)=O)cc1. The van der Waals surface area contributed by atoms with Gasteiger partial charge in [0, 0.05) is 5.69 Å². The van der Waals surface area contributed by atoms with Gasteiger partial charge in [-0.05, 0) is 40.8 Å². The van der Waals surface area contributed by atoms with E-state index in [9.17, 15) is 8.42 Å². The molecule has 8 heteroatoms. The zero-order valence-corrected chi connectivity index (χ0v) is 20.0.